The van der Waals surface area contributed by atoms with Crippen molar-refractivity contribution < 1.29 is 0 Å². The van der Waals surface area contributed by atoms with Gasteiger partial charge in [0.05, 0.1) is 11.5 Å². The zero-order valence-corrected chi connectivity index (χ0v) is 10.9. The van der Waals surface area contributed by atoms with Crippen molar-refractivity contribution in [3.05, 3.63) is 36.1 Å². The fraction of sp³-hybridized carbons (Fsp3) is 0.533. The van der Waals surface area contributed by atoms with Gasteiger partial charge < -0.3 is 10.6 Å². The molecule has 0 aromatic heterocycles. The molecule has 96 valence electrons. The predicted octanol–water partition coefficient (Wildman–Crippen LogP) is 2.15. The minimum absolute atomic E-state index is 0.131. The lowest BCUT2D eigenvalue weighted by Gasteiger charge is -2.39. The number of likely N-dealkylation sites (N-methyl/N-ethyl adjacent to an activating group) is 1. The van der Waals surface area contributed by atoms with Crippen molar-refractivity contribution in [2.75, 3.05) is 13.6 Å². The third-order valence-electron chi connectivity index (χ3n) is 4.21. The van der Waals surface area contributed by atoms with E-state index in [0.717, 1.165) is 13.0 Å². The highest BCUT2D eigenvalue weighted by atomic mass is 15.1. The lowest BCUT2D eigenvalue weighted by molar-refractivity contribution is 0.418. The van der Waals surface area contributed by atoms with Crippen molar-refractivity contribution in [3.63, 3.8) is 0 Å². The van der Waals surface area contributed by atoms with Crippen LogP contribution in [0.15, 0.2) is 41.1 Å². The Hall–Kier alpha value is -1.35. The maximum absolute atomic E-state index is 4.64. The van der Waals surface area contributed by atoms with Crippen molar-refractivity contribution in [2.24, 2.45) is 10.4 Å². The van der Waals surface area contributed by atoms with Crippen molar-refractivity contribution in [3.8, 4) is 0 Å². The summed E-state index contributed by atoms with van der Waals surface area (Å²) < 4.78 is 0. The quantitative estimate of drug-likeness (QED) is 0.779. The molecular formula is C15H21N3. The Labute approximate surface area is 109 Å². The summed E-state index contributed by atoms with van der Waals surface area (Å²) in [7, 11) is 1.99. The highest BCUT2D eigenvalue weighted by molar-refractivity contribution is 5.94. The lowest BCUT2D eigenvalue weighted by Crippen LogP contribution is -2.48. The van der Waals surface area contributed by atoms with E-state index in [4.69, 9.17) is 0 Å². The van der Waals surface area contributed by atoms with Gasteiger partial charge in [-0.2, -0.15) is 0 Å². The fourth-order valence-corrected chi connectivity index (χ4v) is 3.26. The first-order chi connectivity index (χ1) is 8.85. The summed E-state index contributed by atoms with van der Waals surface area (Å²) in [4.78, 5) is 4.64. The second-order valence-electron chi connectivity index (χ2n) is 5.37. The monoisotopic (exact) mass is 243 g/mol. The molecule has 0 amide bonds. The van der Waals surface area contributed by atoms with Gasteiger partial charge in [0.2, 0.25) is 0 Å². The van der Waals surface area contributed by atoms with Gasteiger partial charge in [0.1, 0.15) is 5.84 Å². The summed E-state index contributed by atoms with van der Waals surface area (Å²) in [5, 5.41) is 6.85. The summed E-state index contributed by atoms with van der Waals surface area (Å²) in [5.74, 6) is 1.17. The van der Waals surface area contributed by atoms with E-state index >= 15 is 0 Å². The van der Waals surface area contributed by atoms with Gasteiger partial charge in [0.15, 0.2) is 0 Å². The molecule has 18 heavy (non-hydrogen) atoms. The van der Waals surface area contributed by atoms with Gasteiger partial charge in [-0.05, 0) is 38.3 Å². The van der Waals surface area contributed by atoms with E-state index < -0.39 is 0 Å². The molecule has 0 bridgehead atoms. The maximum atomic E-state index is 4.64. The van der Waals surface area contributed by atoms with Crippen LogP contribution < -0.4 is 10.6 Å². The Kier molecular flexibility index (Phi) is 3.08. The second kappa shape index (κ2) is 4.73. The number of hydrogen-bond donors (Lipinski definition) is 2. The Morgan fingerprint density at radius 3 is 3.39 bits per heavy atom. The molecule has 1 aliphatic carbocycles. The highest BCUT2D eigenvalue weighted by Crippen LogP contribution is 2.44. The van der Waals surface area contributed by atoms with Gasteiger partial charge in [-0.1, -0.05) is 24.3 Å². The molecule has 2 atom stereocenters. The summed E-state index contributed by atoms with van der Waals surface area (Å²) in [6, 6.07) is 0.337. The summed E-state index contributed by atoms with van der Waals surface area (Å²) >= 11 is 0. The van der Waals surface area contributed by atoms with Crippen LogP contribution in [0.3, 0.4) is 0 Å². The molecule has 3 nitrogen and oxygen atoms in total. The van der Waals surface area contributed by atoms with Crippen LogP contribution in [-0.2, 0) is 0 Å². The Bertz CT molecular complexity index is 445. The predicted molar refractivity (Wildman–Crippen MR) is 75.5 cm³/mol. The molecule has 0 fully saturated rings. The molecule has 0 saturated carbocycles. The zero-order chi connectivity index (χ0) is 12.4. The van der Waals surface area contributed by atoms with E-state index in [2.05, 4.69) is 39.9 Å². The standard InChI is InChI=1S/C15H21N3/c1-16-11-13-7-6-12-5-2-3-8-15(12)9-4-10-17-14(15)18-13/h4-7,10,13,16H,2-3,8-9,11H2,1H3,(H,17,18). The molecule has 2 aliphatic heterocycles. The highest BCUT2D eigenvalue weighted by Gasteiger charge is 2.41. The molecular weight excluding hydrogens is 222 g/mol. The SMILES string of the molecule is CNCC1C=CC2=CCCCC23CC=CN=C3N1. The Morgan fingerprint density at radius 2 is 2.50 bits per heavy atom. The first kappa shape index (κ1) is 11.7. The van der Waals surface area contributed by atoms with Crippen LogP contribution in [0.1, 0.15) is 25.7 Å². The van der Waals surface area contributed by atoms with Gasteiger partial charge in [0, 0.05) is 12.7 Å². The van der Waals surface area contributed by atoms with Crippen molar-refractivity contribution in [1.29, 1.82) is 0 Å². The second-order valence-corrected chi connectivity index (χ2v) is 5.37. The smallest absolute Gasteiger partial charge is 0.113 e. The van der Waals surface area contributed by atoms with Crippen LogP contribution in [0, 0.1) is 5.41 Å². The van der Waals surface area contributed by atoms with Gasteiger partial charge >= 0.3 is 0 Å². The molecule has 3 aliphatic rings. The molecule has 3 rings (SSSR count). The normalized spacial score (nSPS) is 33.7. The van der Waals surface area contributed by atoms with Crippen LogP contribution in [0.5, 0.6) is 0 Å². The average Bonchev–Trinajstić information content (AvgIpc) is 2.56. The van der Waals surface area contributed by atoms with Crippen LogP contribution in [-0.4, -0.2) is 25.5 Å². The minimum Gasteiger partial charge on any atom is -0.365 e. The topological polar surface area (TPSA) is 36.4 Å². The largest absolute Gasteiger partial charge is 0.365 e. The third-order valence-corrected chi connectivity index (χ3v) is 4.21. The van der Waals surface area contributed by atoms with Crippen molar-refractivity contribution >= 4 is 5.84 Å². The Balaban J connectivity index is 2.00. The van der Waals surface area contributed by atoms with E-state index in [1.54, 1.807) is 0 Å². The molecule has 2 heterocycles. The van der Waals surface area contributed by atoms with Crippen molar-refractivity contribution in [2.45, 2.75) is 31.7 Å². The van der Waals surface area contributed by atoms with Gasteiger partial charge in [-0.3, -0.25) is 0 Å². The number of hydrogen-bond acceptors (Lipinski definition) is 3. The van der Waals surface area contributed by atoms with Crippen molar-refractivity contribution in [1.82, 2.24) is 10.6 Å². The van der Waals surface area contributed by atoms with Crippen LogP contribution in [0.4, 0.5) is 0 Å². The number of rotatable bonds is 2. The van der Waals surface area contributed by atoms with E-state index in [1.807, 2.05) is 13.2 Å². The zero-order valence-electron chi connectivity index (χ0n) is 10.9. The molecule has 2 N–H and O–H groups in total. The summed E-state index contributed by atoms with van der Waals surface area (Å²) in [6.07, 6.45) is 15.9. The van der Waals surface area contributed by atoms with E-state index in [0.29, 0.717) is 6.04 Å². The first-order valence-corrected chi connectivity index (χ1v) is 6.88. The minimum atomic E-state index is 0.131. The lowest BCUT2D eigenvalue weighted by atomic mass is 9.68. The van der Waals surface area contributed by atoms with E-state index in [-0.39, 0.29) is 5.41 Å². The van der Waals surface area contributed by atoms with Gasteiger partial charge in [-0.25, -0.2) is 4.99 Å². The molecule has 1 spiro atoms. The molecule has 0 radical (unpaired) electrons. The van der Waals surface area contributed by atoms with E-state index in [9.17, 15) is 0 Å². The molecule has 3 heteroatoms. The first-order valence-electron chi connectivity index (χ1n) is 6.88. The number of nitrogens with one attached hydrogen (secondary N) is 2. The number of amidine groups is 1. The van der Waals surface area contributed by atoms with Crippen LogP contribution in [0.25, 0.3) is 0 Å². The number of allylic oxidation sites excluding steroid dienone is 3. The fourth-order valence-electron chi connectivity index (χ4n) is 3.26. The van der Waals surface area contributed by atoms with Crippen LogP contribution >= 0.6 is 0 Å². The van der Waals surface area contributed by atoms with Gasteiger partial charge in [0.25, 0.3) is 0 Å². The number of nitrogens with zero attached hydrogens (tertiary/aromatic N) is 1. The average molecular weight is 243 g/mol. The van der Waals surface area contributed by atoms with Crippen LogP contribution in [0.2, 0.25) is 0 Å². The molecule has 0 aromatic rings. The molecule has 0 aromatic carbocycles. The number of aliphatic imine (C=N–C) groups is 1. The molecule has 2 unspecified atom stereocenters. The van der Waals surface area contributed by atoms with E-state index in [1.165, 1.54) is 30.7 Å². The Morgan fingerprint density at radius 1 is 1.56 bits per heavy atom. The third kappa shape index (κ3) is 1.83. The maximum Gasteiger partial charge on any atom is 0.113 e. The van der Waals surface area contributed by atoms with Gasteiger partial charge in [-0.15, -0.1) is 0 Å². The summed E-state index contributed by atoms with van der Waals surface area (Å²) in [5.41, 5.74) is 1.59. The molecule has 0 saturated heterocycles. The summed E-state index contributed by atoms with van der Waals surface area (Å²) in [6.45, 7) is 0.933.